The Balaban J connectivity index is 2.54. The Kier molecular flexibility index (Phi) is 5.87. The largest absolute Gasteiger partial charge is 0.476 e. The lowest BCUT2D eigenvalue weighted by Gasteiger charge is -2.54. The van der Waals surface area contributed by atoms with Crippen LogP contribution in [0.15, 0.2) is 24.3 Å². The zero-order valence-electron chi connectivity index (χ0n) is 15.9. The maximum absolute atomic E-state index is 12.4. The fraction of sp³-hybridized carbons (Fsp3) is 0.474. The van der Waals surface area contributed by atoms with E-state index in [-0.39, 0.29) is 11.5 Å². The summed E-state index contributed by atoms with van der Waals surface area (Å²) in [7, 11) is 0. The summed E-state index contributed by atoms with van der Waals surface area (Å²) in [6, 6.07) is 5.80. The molecule has 1 fully saturated rings. The van der Waals surface area contributed by atoms with Gasteiger partial charge in [0.1, 0.15) is 5.75 Å². The van der Waals surface area contributed by atoms with Crippen LogP contribution in [0.2, 0.25) is 0 Å². The third kappa shape index (κ3) is 3.08. The van der Waals surface area contributed by atoms with Gasteiger partial charge in [-0.3, -0.25) is 19.2 Å². The first-order valence-electron chi connectivity index (χ1n) is 8.42. The SMILES string of the molecule is CC(=O)c1ccc(O[C@H]2SC[C@](O)(C(C)=O)[C@@](O)(C(C)=O)[C@]2(O)C(C)=O)cc1. The molecule has 2 rings (SSSR count). The van der Waals surface area contributed by atoms with E-state index in [1.54, 1.807) is 0 Å². The van der Waals surface area contributed by atoms with Crippen LogP contribution in [0.1, 0.15) is 38.1 Å². The van der Waals surface area contributed by atoms with Gasteiger partial charge in [-0.2, -0.15) is 0 Å². The summed E-state index contributed by atoms with van der Waals surface area (Å²) >= 11 is 0.716. The van der Waals surface area contributed by atoms with E-state index in [9.17, 15) is 34.5 Å². The Bertz CT molecular complexity index is 835. The van der Waals surface area contributed by atoms with Crippen molar-refractivity contribution in [1.82, 2.24) is 0 Å². The van der Waals surface area contributed by atoms with Crippen molar-refractivity contribution in [2.75, 3.05) is 5.75 Å². The summed E-state index contributed by atoms with van der Waals surface area (Å²) < 4.78 is 5.63. The summed E-state index contributed by atoms with van der Waals surface area (Å²) in [6.07, 6.45) is 0. The number of ketones is 4. The molecule has 4 atom stereocenters. The first kappa shape index (κ1) is 22.2. The third-order valence-electron chi connectivity index (χ3n) is 5.07. The smallest absolute Gasteiger partial charge is 0.208 e. The molecule has 0 spiro atoms. The number of aliphatic hydroxyl groups is 3. The topological polar surface area (TPSA) is 138 Å². The average molecular weight is 410 g/mol. The van der Waals surface area contributed by atoms with Gasteiger partial charge in [0.05, 0.1) is 0 Å². The van der Waals surface area contributed by atoms with E-state index in [1.807, 2.05) is 0 Å². The highest BCUT2D eigenvalue weighted by molar-refractivity contribution is 8.00. The first-order chi connectivity index (χ1) is 12.8. The molecule has 1 aliphatic rings. The fourth-order valence-electron chi connectivity index (χ4n) is 3.25. The molecule has 1 saturated heterocycles. The molecule has 0 saturated carbocycles. The predicted octanol–water partition coefficient (Wildman–Crippen LogP) is 0.301. The molecule has 0 unspecified atom stereocenters. The van der Waals surface area contributed by atoms with Crippen LogP contribution in [0, 0.1) is 0 Å². The molecule has 1 heterocycles. The van der Waals surface area contributed by atoms with E-state index in [0.29, 0.717) is 17.3 Å². The Labute approximate surface area is 165 Å². The van der Waals surface area contributed by atoms with Crippen LogP contribution >= 0.6 is 11.8 Å². The van der Waals surface area contributed by atoms with Gasteiger partial charge in [0.25, 0.3) is 0 Å². The molecule has 152 valence electrons. The number of rotatable bonds is 6. The Morgan fingerprint density at radius 3 is 1.86 bits per heavy atom. The van der Waals surface area contributed by atoms with Gasteiger partial charge in [0, 0.05) is 11.3 Å². The number of hydrogen-bond donors (Lipinski definition) is 3. The standard InChI is InChI=1S/C19H22O8S/c1-10(20)14-5-7-15(8-6-14)27-16-18(25,12(3)22)19(26,13(4)23)17(24,9-28-16)11(2)21/h5-8,16,24-26H,9H2,1-4H3/t16-,17-,18-,19-/m0/s1. The second-order valence-corrected chi connectivity index (χ2v) is 7.90. The van der Waals surface area contributed by atoms with Crippen molar-refractivity contribution in [3.05, 3.63) is 29.8 Å². The van der Waals surface area contributed by atoms with Crippen LogP contribution in [0.3, 0.4) is 0 Å². The van der Waals surface area contributed by atoms with E-state index in [2.05, 4.69) is 0 Å². The Morgan fingerprint density at radius 1 is 0.929 bits per heavy atom. The summed E-state index contributed by atoms with van der Waals surface area (Å²) in [5.41, 5.74) is -9.77. The van der Waals surface area contributed by atoms with Crippen molar-refractivity contribution in [2.24, 2.45) is 0 Å². The van der Waals surface area contributed by atoms with Crippen LogP contribution in [0.25, 0.3) is 0 Å². The number of benzene rings is 1. The normalized spacial score (nSPS) is 32.5. The molecule has 28 heavy (non-hydrogen) atoms. The molecule has 3 N–H and O–H groups in total. The summed E-state index contributed by atoms with van der Waals surface area (Å²) in [5.74, 6) is -3.67. The molecule has 0 aromatic heterocycles. The number of carbonyl (C=O) groups is 4. The van der Waals surface area contributed by atoms with Crippen molar-refractivity contribution >= 4 is 34.9 Å². The van der Waals surface area contributed by atoms with Gasteiger partial charge < -0.3 is 20.1 Å². The molecule has 0 amide bonds. The second kappa shape index (κ2) is 7.40. The van der Waals surface area contributed by atoms with Crippen molar-refractivity contribution in [1.29, 1.82) is 0 Å². The fourth-order valence-corrected chi connectivity index (χ4v) is 4.82. The van der Waals surface area contributed by atoms with Gasteiger partial charge in [-0.25, -0.2) is 0 Å². The highest BCUT2D eigenvalue weighted by Gasteiger charge is 2.75. The van der Waals surface area contributed by atoms with Crippen molar-refractivity contribution in [3.8, 4) is 5.75 Å². The Hall–Kier alpha value is -2.07. The van der Waals surface area contributed by atoms with Gasteiger partial charge >= 0.3 is 0 Å². The lowest BCUT2D eigenvalue weighted by Crippen LogP contribution is -2.82. The van der Waals surface area contributed by atoms with E-state index in [0.717, 1.165) is 20.8 Å². The van der Waals surface area contributed by atoms with E-state index in [4.69, 9.17) is 4.74 Å². The molecule has 8 nitrogen and oxygen atoms in total. The number of carbonyl (C=O) groups excluding carboxylic acids is 4. The zero-order valence-corrected chi connectivity index (χ0v) is 16.7. The van der Waals surface area contributed by atoms with Crippen LogP contribution in [-0.4, -0.2) is 66.4 Å². The highest BCUT2D eigenvalue weighted by Crippen LogP contribution is 2.49. The molecule has 1 aromatic rings. The minimum absolute atomic E-state index is 0.154. The van der Waals surface area contributed by atoms with Gasteiger partial charge in [0.2, 0.25) is 5.60 Å². The third-order valence-corrected chi connectivity index (χ3v) is 6.39. The van der Waals surface area contributed by atoms with Crippen LogP contribution in [0.4, 0.5) is 0 Å². The molecule has 1 aromatic carbocycles. The summed E-state index contributed by atoms with van der Waals surface area (Å²) in [5, 5.41) is 33.0. The van der Waals surface area contributed by atoms with Gasteiger partial charge in [-0.1, -0.05) is 0 Å². The van der Waals surface area contributed by atoms with Gasteiger partial charge in [-0.05, 0) is 52.0 Å². The highest BCUT2D eigenvalue weighted by atomic mass is 32.2. The van der Waals surface area contributed by atoms with E-state index >= 15 is 0 Å². The first-order valence-corrected chi connectivity index (χ1v) is 9.46. The average Bonchev–Trinajstić information content (AvgIpc) is 2.62. The van der Waals surface area contributed by atoms with Crippen LogP contribution in [-0.2, 0) is 14.4 Å². The monoisotopic (exact) mass is 410 g/mol. The van der Waals surface area contributed by atoms with Gasteiger partial charge in [0.15, 0.2) is 39.8 Å². The summed E-state index contributed by atoms with van der Waals surface area (Å²) in [6.45, 7) is 4.14. The number of hydrogen-bond acceptors (Lipinski definition) is 9. The molecule has 1 aliphatic heterocycles. The number of ether oxygens (including phenoxy) is 1. The lowest BCUT2D eigenvalue weighted by atomic mass is 9.65. The predicted molar refractivity (Wildman–Crippen MR) is 100 cm³/mol. The quantitative estimate of drug-likeness (QED) is 0.565. The van der Waals surface area contributed by atoms with Crippen molar-refractivity contribution < 1.29 is 39.2 Å². The van der Waals surface area contributed by atoms with Crippen molar-refractivity contribution in [2.45, 2.75) is 49.9 Å². The van der Waals surface area contributed by atoms with E-state index in [1.165, 1.54) is 31.2 Å². The molecule has 0 aliphatic carbocycles. The lowest BCUT2D eigenvalue weighted by molar-refractivity contribution is -0.236. The molecular formula is C19H22O8S. The van der Waals surface area contributed by atoms with Crippen LogP contribution in [0.5, 0.6) is 5.75 Å². The molecular weight excluding hydrogens is 388 g/mol. The minimum atomic E-state index is -3.10. The summed E-state index contributed by atoms with van der Waals surface area (Å²) in [4.78, 5) is 48.1. The van der Waals surface area contributed by atoms with E-state index < -0.39 is 45.3 Å². The maximum atomic E-state index is 12.4. The maximum Gasteiger partial charge on any atom is 0.208 e. The minimum Gasteiger partial charge on any atom is -0.476 e. The van der Waals surface area contributed by atoms with Crippen molar-refractivity contribution in [3.63, 3.8) is 0 Å². The molecule has 0 radical (unpaired) electrons. The molecule has 0 bridgehead atoms. The van der Waals surface area contributed by atoms with Gasteiger partial charge in [-0.15, -0.1) is 11.8 Å². The number of thioether (sulfide) groups is 1. The second-order valence-electron chi connectivity index (χ2n) is 6.85. The Morgan fingerprint density at radius 2 is 1.46 bits per heavy atom. The zero-order chi connectivity index (χ0) is 21.5. The number of Topliss-reactive ketones (excluding diaryl/α,β-unsaturated/α-hetero) is 4. The molecule has 9 heteroatoms. The van der Waals surface area contributed by atoms with Crippen LogP contribution < -0.4 is 4.74 Å².